The second kappa shape index (κ2) is 5.05. The number of hydrogen-bond acceptors (Lipinski definition) is 4. The van der Waals surface area contributed by atoms with E-state index < -0.39 is 5.97 Å². The van der Waals surface area contributed by atoms with E-state index in [1.165, 1.54) is 6.08 Å². The lowest BCUT2D eigenvalue weighted by molar-refractivity contribution is -0.130. The molecular weight excluding hydrogens is 206 g/mol. The predicted octanol–water partition coefficient (Wildman–Crippen LogP) is 2.44. The van der Waals surface area contributed by atoms with Crippen molar-refractivity contribution < 1.29 is 14.3 Å². The average Bonchev–Trinajstić information content (AvgIpc) is 2.22. The molecule has 4 nitrogen and oxygen atoms in total. The van der Waals surface area contributed by atoms with Crippen molar-refractivity contribution in [3.05, 3.63) is 35.9 Å². The van der Waals surface area contributed by atoms with Crippen molar-refractivity contribution in [2.75, 3.05) is 0 Å². The maximum Gasteiger partial charge on any atom is 0.338 e. The molecule has 0 heterocycles. The SMILES string of the molecule is C=C(C)C(=O)Oc1ccc(C)cc1N=C=O. The summed E-state index contributed by atoms with van der Waals surface area (Å²) in [5.41, 5.74) is 1.47. The summed E-state index contributed by atoms with van der Waals surface area (Å²) in [6, 6.07) is 4.96. The van der Waals surface area contributed by atoms with Gasteiger partial charge in [-0.2, -0.15) is 4.99 Å². The molecular formula is C12H11NO3. The van der Waals surface area contributed by atoms with Gasteiger partial charge in [0.05, 0.1) is 0 Å². The molecule has 0 fully saturated rings. The van der Waals surface area contributed by atoms with Gasteiger partial charge in [-0.1, -0.05) is 12.6 Å². The zero-order valence-corrected chi connectivity index (χ0v) is 9.11. The van der Waals surface area contributed by atoms with E-state index in [1.54, 1.807) is 25.1 Å². The van der Waals surface area contributed by atoms with Crippen molar-refractivity contribution in [3.63, 3.8) is 0 Å². The van der Waals surface area contributed by atoms with Gasteiger partial charge in [0.15, 0.2) is 5.75 Å². The third-order valence-corrected chi connectivity index (χ3v) is 1.83. The summed E-state index contributed by atoms with van der Waals surface area (Å²) in [5.74, 6) is -0.326. The Kier molecular flexibility index (Phi) is 3.75. The Morgan fingerprint density at radius 3 is 2.75 bits per heavy atom. The van der Waals surface area contributed by atoms with Crippen LogP contribution in [0.4, 0.5) is 5.69 Å². The molecule has 0 atom stereocenters. The van der Waals surface area contributed by atoms with Crippen molar-refractivity contribution in [2.45, 2.75) is 13.8 Å². The van der Waals surface area contributed by atoms with Crippen molar-refractivity contribution in [1.29, 1.82) is 0 Å². The highest BCUT2D eigenvalue weighted by atomic mass is 16.5. The Labute approximate surface area is 93.3 Å². The van der Waals surface area contributed by atoms with Crippen molar-refractivity contribution in [3.8, 4) is 5.75 Å². The number of aryl methyl sites for hydroxylation is 1. The van der Waals surface area contributed by atoms with Crippen molar-refractivity contribution >= 4 is 17.7 Å². The summed E-state index contributed by atoms with van der Waals surface area (Å²) in [5, 5.41) is 0. The molecule has 16 heavy (non-hydrogen) atoms. The number of isocyanates is 1. The Morgan fingerprint density at radius 1 is 1.50 bits per heavy atom. The van der Waals surface area contributed by atoms with Crippen LogP contribution in [-0.4, -0.2) is 12.0 Å². The molecule has 0 aliphatic rings. The van der Waals surface area contributed by atoms with Gasteiger partial charge in [0.1, 0.15) is 5.69 Å². The maximum absolute atomic E-state index is 11.3. The van der Waals surface area contributed by atoms with Crippen LogP contribution in [0.3, 0.4) is 0 Å². The van der Waals surface area contributed by atoms with Gasteiger partial charge in [-0.25, -0.2) is 9.59 Å². The summed E-state index contributed by atoms with van der Waals surface area (Å²) in [4.78, 5) is 25.0. The topological polar surface area (TPSA) is 55.7 Å². The van der Waals surface area contributed by atoms with Gasteiger partial charge in [0.25, 0.3) is 0 Å². The first-order chi connectivity index (χ1) is 7.54. The predicted molar refractivity (Wildman–Crippen MR) is 59.4 cm³/mol. The molecule has 4 heteroatoms. The van der Waals surface area contributed by atoms with Gasteiger partial charge in [-0.15, -0.1) is 0 Å². The van der Waals surface area contributed by atoms with Crippen LogP contribution in [0.25, 0.3) is 0 Å². The van der Waals surface area contributed by atoms with Crippen LogP contribution >= 0.6 is 0 Å². The van der Waals surface area contributed by atoms with E-state index in [-0.39, 0.29) is 17.0 Å². The summed E-state index contributed by atoms with van der Waals surface area (Å²) >= 11 is 0. The number of hydrogen-bond donors (Lipinski definition) is 0. The second-order valence-corrected chi connectivity index (χ2v) is 3.34. The number of ether oxygens (including phenoxy) is 1. The fourth-order valence-corrected chi connectivity index (χ4v) is 1.04. The largest absolute Gasteiger partial charge is 0.421 e. The quantitative estimate of drug-likeness (QED) is 0.257. The summed E-state index contributed by atoms with van der Waals surface area (Å²) < 4.78 is 5.00. The van der Waals surface area contributed by atoms with Gasteiger partial charge in [-0.05, 0) is 31.5 Å². The fraction of sp³-hybridized carbons (Fsp3) is 0.167. The highest BCUT2D eigenvalue weighted by Gasteiger charge is 2.09. The number of carbonyl (C=O) groups excluding carboxylic acids is 2. The van der Waals surface area contributed by atoms with Crippen molar-refractivity contribution in [2.24, 2.45) is 4.99 Å². The minimum Gasteiger partial charge on any atom is -0.421 e. The number of benzene rings is 1. The third-order valence-electron chi connectivity index (χ3n) is 1.83. The molecule has 82 valence electrons. The van der Waals surface area contributed by atoms with E-state index in [9.17, 15) is 9.59 Å². The minimum absolute atomic E-state index is 0.224. The van der Waals surface area contributed by atoms with Gasteiger partial charge in [-0.3, -0.25) is 0 Å². The van der Waals surface area contributed by atoms with Gasteiger partial charge in [0.2, 0.25) is 6.08 Å². The molecule has 0 radical (unpaired) electrons. The number of nitrogens with zero attached hydrogens (tertiary/aromatic N) is 1. The third kappa shape index (κ3) is 2.90. The monoisotopic (exact) mass is 217 g/mol. The van der Waals surface area contributed by atoms with E-state index in [2.05, 4.69) is 11.6 Å². The Morgan fingerprint density at radius 2 is 2.19 bits per heavy atom. The second-order valence-electron chi connectivity index (χ2n) is 3.34. The Hall–Kier alpha value is -2.19. The van der Waals surface area contributed by atoms with E-state index in [4.69, 9.17) is 4.74 Å². The molecule has 0 unspecified atom stereocenters. The van der Waals surface area contributed by atoms with Gasteiger partial charge >= 0.3 is 5.97 Å². The van der Waals surface area contributed by atoms with Crippen LogP contribution in [0, 0.1) is 6.92 Å². The molecule has 1 aromatic rings. The average molecular weight is 217 g/mol. The van der Waals surface area contributed by atoms with E-state index in [0.717, 1.165) is 5.56 Å². The number of esters is 1. The smallest absolute Gasteiger partial charge is 0.338 e. The van der Waals surface area contributed by atoms with Crippen LogP contribution < -0.4 is 4.74 Å². The molecule has 0 aliphatic heterocycles. The highest BCUT2D eigenvalue weighted by molar-refractivity contribution is 5.89. The lowest BCUT2D eigenvalue weighted by Crippen LogP contribution is -2.08. The first-order valence-corrected chi connectivity index (χ1v) is 4.61. The van der Waals surface area contributed by atoms with E-state index >= 15 is 0 Å². The number of carbonyl (C=O) groups is 1. The van der Waals surface area contributed by atoms with Crippen molar-refractivity contribution in [1.82, 2.24) is 0 Å². The Balaban J connectivity index is 3.08. The Bertz CT molecular complexity index is 485. The molecule has 1 rings (SSSR count). The van der Waals surface area contributed by atoms with Crippen LogP contribution in [-0.2, 0) is 9.59 Å². The first kappa shape index (κ1) is 11.9. The number of aliphatic imine (C=N–C) groups is 1. The van der Waals surface area contributed by atoms with Crippen LogP contribution in [0.2, 0.25) is 0 Å². The summed E-state index contributed by atoms with van der Waals surface area (Å²) in [7, 11) is 0. The molecule has 0 bridgehead atoms. The number of rotatable bonds is 3. The van der Waals surface area contributed by atoms with Crippen LogP contribution in [0.15, 0.2) is 35.3 Å². The molecule has 0 N–H and O–H groups in total. The summed E-state index contributed by atoms with van der Waals surface area (Å²) in [6.07, 6.45) is 1.42. The lowest BCUT2D eigenvalue weighted by Gasteiger charge is -2.06. The normalized spacial score (nSPS) is 9.12. The first-order valence-electron chi connectivity index (χ1n) is 4.61. The van der Waals surface area contributed by atoms with Gasteiger partial charge in [0, 0.05) is 5.57 Å². The van der Waals surface area contributed by atoms with Gasteiger partial charge < -0.3 is 4.74 Å². The molecule has 0 spiro atoms. The molecule has 0 aromatic heterocycles. The van der Waals surface area contributed by atoms with E-state index in [0.29, 0.717) is 0 Å². The van der Waals surface area contributed by atoms with E-state index in [1.807, 2.05) is 6.92 Å². The zero-order chi connectivity index (χ0) is 12.1. The lowest BCUT2D eigenvalue weighted by atomic mass is 10.2. The van der Waals surface area contributed by atoms with Crippen LogP contribution in [0.1, 0.15) is 12.5 Å². The fourth-order valence-electron chi connectivity index (χ4n) is 1.04. The molecule has 0 saturated heterocycles. The maximum atomic E-state index is 11.3. The molecule has 0 saturated carbocycles. The molecule has 0 aliphatic carbocycles. The zero-order valence-electron chi connectivity index (χ0n) is 9.11. The highest BCUT2D eigenvalue weighted by Crippen LogP contribution is 2.28. The molecule has 0 amide bonds. The van der Waals surface area contributed by atoms with Crippen LogP contribution in [0.5, 0.6) is 5.75 Å². The molecule has 1 aromatic carbocycles. The standard InChI is InChI=1S/C12H11NO3/c1-8(2)12(15)16-11-5-4-9(3)6-10(11)13-7-14/h4-6H,1H2,2-3H3. The summed E-state index contributed by atoms with van der Waals surface area (Å²) in [6.45, 7) is 6.84. The minimum atomic E-state index is -0.550.